The fraction of sp³-hybridized carbons (Fsp3) is 0.375. The lowest BCUT2D eigenvalue weighted by Gasteiger charge is -2.35. The standard InChI is InChI=1S/C32H37F3N4O8S2/c1-18-15-27(19(2)23-12-13-32(3,4)47-28(18)23)49(43,44)39-31(36)37-14-6-7-26(30(40)45-5)38-48(41,42)22-16-24(34)29(25(35)17-22)46-21-10-8-20(33)9-11-21/h8-11,15-17,26,38H,6-7,12-14H2,1-5H3,(H3,36,37,39)/t26-/m1/s1. The lowest BCUT2D eigenvalue weighted by Crippen LogP contribution is -2.43. The number of ether oxygens (including phenoxy) is 3. The number of esters is 1. The monoisotopic (exact) mass is 726 g/mol. The van der Waals surface area contributed by atoms with Crippen LogP contribution in [0.1, 0.15) is 49.8 Å². The number of rotatable bonds is 12. The van der Waals surface area contributed by atoms with Gasteiger partial charge in [-0.1, -0.05) is 0 Å². The highest BCUT2D eigenvalue weighted by molar-refractivity contribution is 7.90. The molecule has 0 fully saturated rings. The Hall–Kier alpha value is -4.35. The molecular formula is C32H37F3N4O8S2. The summed E-state index contributed by atoms with van der Waals surface area (Å²) in [5, 5.41) is 10.7. The Bertz CT molecular complexity index is 1950. The third-order valence-corrected chi connectivity index (χ3v) is 10.7. The van der Waals surface area contributed by atoms with Crippen LogP contribution in [-0.4, -0.2) is 54.1 Å². The molecule has 1 aliphatic heterocycles. The SMILES string of the molecule is COC(=O)[C@@H](CCCNC(=N)NS(=O)(=O)c1cc(C)c2c(c1C)CCC(C)(C)O2)NS(=O)(=O)c1cc(F)c(Oc2ccc(F)cc2)c(F)c1. The van der Waals surface area contributed by atoms with Gasteiger partial charge in [0.2, 0.25) is 16.0 Å². The van der Waals surface area contributed by atoms with E-state index in [4.69, 9.17) is 14.9 Å². The third-order valence-electron chi connectivity index (χ3n) is 7.75. The summed E-state index contributed by atoms with van der Waals surface area (Å²) in [4.78, 5) is 11.6. The molecule has 0 unspecified atom stereocenters. The minimum atomic E-state index is -4.68. The molecule has 1 aliphatic rings. The first-order valence-corrected chi connectivity index (χ1v) is 18.0. The van der Waals surface area contributed by atoms with Gasteiger partial charge in [-0.15, -0.1) is 0 Å². The van der Waals surface area contributed by atoms with Crippen LogP contribution >= 0.6 is 0 Å². The smallest absolute Gasteiger partial charge is 0.323 e. The van der Waals surface area contributed by atoms with Crippen molar-refractivity contribution in [3.63, 3.8) is 0 Å². The van der Waals surface area contributed by atoms with Gasteiger partial charge in [0.05, 0.1) is 16.9 Å². The average molecular weight is 727 g/mol. The first kappa shape index (κ1) is 37.5. The zero-order chi connectivity index (χ0) is 36.3. The quantitative estimate of drug-likeness (QED) is 0.0892. The van der Waals surface area contributed by atoms with Crippen molar-refractivity contribution in [3.05, 3.63) is 76.6 Å². The molecule has 49 heavy (non-hydrogen) atoms. The number of fused-ring (bicyclic) bond motifs is 1. The van der Waals surface area contributed by atoms with Gasteiger partial charge >= 0.3 is 5.97 Å². The fourth-order valence-electron chi connectivity index (χ4n) is 5.18. The molecule has 0 spiro atoms. The van der Waals surface area contributed by atoms with Crippen LogP contribution in [-0.2, 0) is 36.0 Å². The minimum absolute atomic E-state index is 0.00157. The Morgan fingerprint density at radius 1 is 1.02 bits per heavy atom. The largest absolute Gasteiger partial charge is 0.487 e. The maximum Gasteiger partial charge on any atom is 0.323 e. The van der Waals surface area contributed by atoms with Crippen molar-refractivity contribution in [2.75, 3.05) is 13.7 Å². The summed E-state index contributed by atoms with van der Waals surface area (Å²) in [5.41, 5.74) is 1.56. The molecule has 0 saturated carbocycles. The van der Waals surface area contributed by atoms with E-state index in [2.05, 4.69) is 19.5 Å². The van der Waals surface area contributed by atoms with Gasteiger partial charge in [0.15, 0.2) is 17.4 Å². The summed E-state index contributed by atoms with van der Waals surface area (Å²) in [5.74, 6) is -5.28. The first-order valence-electron chi connectivity index (χ1n) is 15.0. The van der Waals surface area contributed by atoms with Crippen LogP contribution in [0.3, 0.4) is 0 Å². The van der Waals surface area contributed by atoms with Gasteiger partial charge in [0, 0.05) is 6.54 Å². The number of hydrogen-bond acceptors (Lipinski definition) is 9. The molecule has 4 N–H and O–H groups in total. The van der Waals surface area contributed by atoms with E-state index in [0.717, 1.165) is 36.9 Å². The lowest BCUT2D eigenvalue weighted by atomic mass is 9.90. The normalized spacial score (nSPS) is 14.6. The summed E-state index contributed by atoms with van der Waals surface area (Å²) in [6.45, 7) is 7.28. The number of hydrogen-bond donors (Lipinski definition) is 4. The van der Waals surface area contributed by atoms with Gasteiger partial charge in [-0.25, -0.2) is 34.7 Å². The number of aryl methyl sites for hydroxylation is 1. The predicted octanol–water partition coefficient (Wildman–Crippen LogP) is 4.72. The van der Waals surface area contributed by atoms with Gasteiger partial charge in [-0.2, -0.15) is 4.72 Å². The highest BCUT2D eigenvalue weighted by Gasteiger charge is 2.32. The van der Waals surface area contributed by atoms with Gasteiger partial charge in [-0.3, -0.25) is 10.2 Å². The fourth-order valence-corrected chi connectivity index (χ4v) is 7.73. The molecule has 3 aromatic rings. The van der Waals surface area contributed by atoms with E-state index in [0.29, 0.717) is 41.9 Å². The third kappa shape index (κ3) is 9.01. The number of carbonyl (C=O) groups excluding carboxylic acids is 1. The highest BCUT2D eigenvalue weighted by atomic mass is 32.2. The Kier molecular flexibility index (Phi) is 11.2. The molecule has 0 bridgehead atoms. The lowest BCUT2D eigenvalue weighted by molar-refractivity contribution is -0.142. The molecule has 1 atom stereocenters. The highest BCUT2D eigenvalue weighted by Crippen LogP contribution is 2.40. The van der Waals surface area contributed by atoms with E-state index in [1.807, 2.05) is 13.8 Å². The average Bonchev–Trinajstić information content (AvgIpc) is 3.01. The molecule has 17 heteroatoms. The molecule has 0 saturated heterocycles. The summed E-state index contributed by atoms with van der Waals surface area (Å²) < 4.78 is 115. The van der Waals surface area contributed by atoms with E-state index < -0.39 is 66.1 Å². The van der Waals surface area contributed by atoms with Crippen LogP contribution in [0, 0.1) is 36.7 Å². The second-order valence-electron chi connectivity index (χ2n) is 12.0. The van der Waals surface area contributed by atoms with Crippen molar-refractivity contribution >= 4 is 32.0 Å². The molecule has 266 valence electrons. The van der Waals surface area contributed by atoms with Gasteiger partial charge in [-0.05, 0) is 113 Å². The van der Waals surface area contributed by atoms with Crippen molar-refractivity contribution in [2.45, 2.75) is 74.8 Å². The molecule has 0 amide bonds. The molecule has 0 aromatic heterocycles. The van der Waals surface area contributed by atoms with Crippen LogP contribution < -0.4 is 24.2 Å². The summed E-state index contributed by atoms with van der Waals surface area (Å²) in [6.07, 6.45) is 1.16. The van der Waals surface area contributed by atoms with Gasteiger partial charge < -0.3 is 19.5 Å². The number of sulfonamides is 2. The Morgan fingerprint density at radius 2 is 1.65 bits per heavy atom. The van der Waals surface area contributed by atoms with Gasteiger partial charge in [0.1, 0.15) is 29.0 Å². The maximum atomic E-state index is 14.8. The van der Waals surface area contributed by atoms with Crippen LogP contribution in [0.25, 0.3) is 0 Å². The second-order valence-corrected chi connectivity index (χ2v) is 15.4. The van der Waals surface area contributed by atoms with Crippen LogP contribution in [0.4, 0.5) is 13.2 Å². The Morgan fingerprint density at radius 3 is 2.27 bits per heavy atom. The first-order chi connectivity index (χ1) is 22.8. The number of nitrogens with one attached hydrogen (secondary N) is 4. The Balaban J connectivity index is 1.37. The van der Waals surface area contributed by atoms with Crippen LogP contribution in [0.5, 0.6) is 17.2 Å². The van der Waals surface area contributed by atoms with Crippen molar-refractivity contribution in [1.82, 2.24) is 14.8 Å². The summed E-state index contributed by atoms with van der Waals surface area (Å²) >= 11 is 0. The molecule has 0 aliphatic carbocycles. The topological polar surface area (TPSA) is 173 Å². The molecule has 12 nitrogen and oxygen atoms in total. The second kappa shape index (κ2) is 14.6. The van der Waals surface area contributed by atoms with E-state index in [1.54, 1.807) is 13.8 Å². The summed E-state index contributed by atoms with van der Waals surface area (Å²) in [6, 6.07) is 5.23. The molecular weight excluding hydrogens is 690 g/mol. The van der Waals surface area contributed by atoms with E-state index >= 15 is 0 Å². The molecule has 4 rings (SSSR count). The van der Waals surface area contributed by atoms with Crippen molar-refractivity contribution < 1.29 is 49.0 Å². The van der Waals surface area contributed by atoms with Crippen LogP contribution in [0.2, 0.25) is 0 Å². The van der Waals surface area contributed by atoms with E-state index in [-0.39, 0.29) is 35.6 Å². The number of halogens is 3. The zero-order valence-corrected chi connectivity index (χ0v) is 29.0. The van der Waals surface area contributed by atoms with E-state index in [9.17, 15) is 34.8 Å². The van der Waals surface area contributed by atoms with Crippen LogP contribution in [0.15, 0.2) is 52.3 Å². The van der Waals surface area contributed by atoms with Crippen molar-refractivity contribution in [3.8, 4) is 17.2 Å². The zero-order valence-electron chi connectivity index (χ0n) is 27.4. The number of guanidine groups is 1. The molecule has 0 radical (unpaired) electrons. The molecule has 3 aromatic carbocycles. The number of carbonyl (C=O) groups is 1. The minimum Gasteiger partial charge on any atom is -0.487 e. The Labute approximate surface area is 283 Å². The maximum absolute atomic E-state index is 14.8. The molecule has 1 heterocycles. The number of methoxy groups -OCH3 is 1. The predicted molar refractivity (Wildman–Crippen MR) is 173 cm³/mol. The number of benzene rings is 3. The van der Waals surface area contributed by atoms with Crippen molar-refractivity contribution in [1.29, 1.82) is 5.41 Å². The van der Waals surface area contributed by atoms with E-state index in [1.165, 1.54) is 6.07 Å². The summed E-state index contributed by atoms with van der Waals surface area (Å²) in [7, 11) is -7.84. The van der Waals surface area contributed by atoms with Crippen molar-refractivity contribution in [2.24, 2.45) is 0 Å². The van der Waals surface area contributed by atoms with Gasteiger partial charge in [0.25, 0.3) is 10.0 Å².